The molecule has 4 nitrogen and oxygen atoms in total. The van der Waals surface area contributed by atoms with E-state index in [4.69, 9.17) is 4.74 Å². The minimum absolute atomic E-state index is 0.403. The molecule has 0 amide bonds. The van der Waals surface area contributed by atoms with Gasteiger partial charge in [-0.3, -0.25) is 4.98 Å². The molecule has 1 unspecified atom stereocenters. The van der Waals surface area contributed by atoms with E-state index in [9.17, 15) is 5.26 Å². The highest BCUT2D eigenvalue weighted by atomic mass is 16.5. The van der Waals surface area contributed by atoms with Crippen molar-refractivity contribution in [3.8, 4) is 11.8 Å². The normalized spacial score (nSPS) is 15.7. The van der Waals surface area contributed by atoms with Crippen molar-refractivity contribution in [2.45, 2.75) is 32.1 Å². The van der Waals surface area contributed by atoms with Crippen LogP contribution in [0.3, 0.4) is 0 Å². The van der Waals surface area contributed by atoms with Crippen molar-refractivity contribution in [1.29, 1.82) is 5.26 Å². The summed E-state index contributed by atoms with van der Waals surface area (Å²) in [7, 11) is 0. The fourth-order valence-corrected chi connectivity index (χ4v) is 4.41. The zero-order valence-corrected chi connectivity index (χ0v) is 16.9. The molecule has 1 aliphatic rings. The number of pyridine rings is 1. The molecule has 0 radical (unpaired) electrons. The van der Waals surface area contributed by atoms with Crippen LogP contribution in [0, 0.1) is 24.2 Å². The number of ether oxygens (including phenoxy) is 1. The van der Waals surface area contributed by atoms with E-state index in [0.29, 0.717) is 18.4 Å². The van der Waals surface area contributed by atoms with Crippen molar-refractivity contribution < 1.29 is 4.74 Å². The Morgan fingerprint density at radius 2 is 1.97 bits per heavy atom. The van der Waals surface area contributed by atoms with E-state index in [-0.39, 0.29) is 0 Å². The van der Waals surface area contributed by atoms with Gasteiger partial charge in [0.05, 0.1) is 23.8 Å². The lowest BCUT2D eigenvalue weighted by Gasteiger charge is -2.31. The summed E-state index contributed by atoms with van der Waals surface area (Å²) in [5.74, 6) is 1.91. The second kappa shape index (κ2) is 9.07. The summed E-state index contributed by atoms with van der Waals surface area (Å²) in [6.45, 7) is 4.78. The first-order valence-electron chi connectivity index (χ1n) is 10.4. The van der Waals surface area contributed by atoms with E-state index in [1.54, 1.807) is 0 Å². The van der Waals surface area contributed by atoms with Gasteiger partial charge in [0.15, 0.2) is 0 Å². The predicted octanol–water partition coefficient (Wildman–Crippen LogP) is 4.97. The maximum atomic E-state index is 9.31. The van der Waals surface area contributed by atoms with Crippen molar-refractivity contribution in [2.24, 2.45) is 5.92 Å². The van der Waals surface area contributed by atoms with Crippen LogP contribution >= 0.6 is 0 Å². The summed E-state index contributed by atoms with van der Waals surface area (Å²) in [6, 6.07) is 20.6. The van der Waals surface area contributed by atoms with Gasteiger partial charge in [0.25, 0.3) is 0 Å². The Labute approximate surface area is 172 Å². The van der Waals surface area contributed by atoms with E-state index in [0.717, 1.165) is 47.4 Å². The number of hydrogen-bond acceptors (Lipinski definition) is 4. The molecule has 4 rings (SSSR count). The van der Waals surface area contributed by atoms with Gasteiger partial charge in [-0.25, -0.2) is 0 Å². The summed E-state index contributed by atoms with van der Waals surface area (Å²) in [6.07, 6.45) is 3.27. The molecule has 0 aliphatic carbocycles. The van der Waals surface area contributed by atoms with Crippen molar-refractivity contribution in [3.05, 3.63) is 71.4 Å². The first kappa shape index (κ1) is 19.4. The number of benzene rings is 2. The number of aryl methyl sites for hydroxylation is 1. The van der Waals surface area contributed by atoms with Crippen LogP contribution in [-0.2, 0) is 0 Å². The van der Waals surface area contributed by atoms with Crippen LogP contribution in [0.5, 0.6) is 5.75 Å². The van der Waals surface area contributed by atoms with Crippen LogP contribution in [0.2, 0.25) is 0 Å². The average molecular weight is 386 g/mol. The van der Waals surface area contributed by atoms with E-state index >= 15 is 0 Å². The smallest absolute Gasteiger partial charge is 0.128 e. The maximum Gasteiger partial charge on any atom is 0.128 e. The van der Waals surface area contributed by atoms with Crippen LogP contribution in [0.4, 0.5) is 0 Å². The lowest BCUT2D eigenvalue weighted by Crippen LogP contribution is -2.31. The van der Waals surface area contributed by atoms with Gasteiger partial charge in [-0.2, -0.15) is 5.26 Å². The van der Waals surface area contributed by atoms with Gasteiger partial charge in [0.1, 0.15) is 5.75 Å². The van der Waals surface area contributed by atoms with Crippen molar-refractivity contribution in [2.75, 3.05) is 19.7 Å². The second-order valence-corrected chi connectivity index (χ2v) is 7.84. The Hall–Kier alpha value is -2.90. The minimum Gasteiger partial charge on any atom is -0.493 e. The molecular formula is C25H27N3O. The predicted molar refractivity (Wildman–Crippen MR) is 116 cm³/mol. The standard InChI is InChI=1S/C25H27N3O/c1-18-8-9-23-24(28-18)6-3-7-25(23)29-15-12-22(20-10-13-27-14-11-20)21-5-2-4-19(16-21)17-26/h2-9,16,20,22,27H,10-15H2,1H3. The molecule has 29 heavy (non-hydrogen) atoms. The first-order chi connectivity index (χ1) is 14.2. The molecule has 4 heteroatoms. The van der Waals surface area contributed by atoms with E-state index in [1.165, 1.54) is 18.4 Å². The highest BCUT2D eigenvalue weighted by Crippen LogP contribution is 2.35. The Morgan fingerprint density at radius 1 is 1.14 bits per heavy atom. The van der Waals surface area contributed by atoms with Gasteiger partial charge in [0.2, 0.25) is 0 Å². The van der Waals surface area contributed by atoms with Crippen LogP contribution in [-0.4, -0.2) is 24.7 Å². The monoisotopic (exact) mass is 385 g/mol. The molecule has 3 aromatic rings. The number of nitrogens with one attached hydrogen (secondary N) is 1. The van der Waals surface area contributed by atoms with Crippen molar-refractivity contribution >= 4 is 10.9 Å². The highest BCUT2D eigenvalue weighted by molar-refractivity contribution is 5.85. The molecular weight excluding hydrogens is 358 g/mol. The highest BCUT2D eigenvalue weighted by Gasteiger charge is 2.25. The lowest BCUT2D eigenvalue weighted by atomic mass is 9.78. The first-order valence-corrected chi connectivity index (χ1v) is 10.4. The largest absolute Gasteiger partial charge is 0.493 e. The van der Waals surface area contributed by atoms with Gasteiger partial charge in [-0.05, 0) is 93.1 Å². The maximum absolute atomic E-state index is 9.31. The number of aromatic nitrogens is 1. The number of fused-ring (bicyclic) bond motifs is 1. The summed E-state index contributed by atoms with van der Waals surface area (Å²) in [5, 5.41) is 13.8. The van der Waals surface area contributed by atoms with Crippen LogP contribution in [0.25, 0.3) is 10.9 Å². The molecule has 0 bridgehead atoms. The Kier molecular flexibility index (Phi) is 6.07. The molecule has 1 fully saturated rings. The van der Waals surface area contributed by atoms with Gasteiger partial charge in [-0.1, -0.05) is 18.2 Å². The number of nitrogens with zero attached hydrogens (tertiary/aromatic N) is 2. The SMILES string of the molecule is Cc1ccc2c(OCCC(c3cccc(C#N)c3)C3CCNCC3)cccc2n1. The van der Waals surface area contributed by atoms with Crippen molar-refractivity contribution in [3.63, 3.8) is 0 Å². The molecule has 1 atom stereocenters. The lowest BCUT2D eigenvalue weighted by molar-refractivity contribution is 0.249. The topological polar surface area (TPSA) is 57.9 Å². The van der Waals surface area contributed by atoms with Crippen LogP contribution in [0.15, 0.2) is 54.6 Å². The molecule has 148 valence electrons. The summed E-state index contributed by atoms with van der Waals surface area (Å²) >= 11 is 0. The van der Waals surface area contributed by atoms with E-state index in [1.807, 2.05) is 43.3 Å². The van der Waals surface area contributed by atoms with Gasteiger partial charge in [0, 0.05) is 11.1 Å². The van der Waals surface area contributed by atoms with Gasteiger partial charge < -0.3 is 10.1 Å². The molecule has 0 spiro atoms. The zero-order valence-electron chi connectivity index (χ0n) is 16.9. The summed E-state index contributed by atoms with van der Waals surface area (Å²) < 4.78 is 6.24. The van der Waals surface area contributed by atoms with Crippen molar-refractivity contribution in [1.82, 2.24) is 10.3 Å². The Morgan fingerprint density at radius 3 is 2.79 bits per heavy atom. The third-order valence-corrected chi connectivity index (χ3v) is 5.91. The molecule has 2 heterocycles. The molecule has 1 aromatic heterocycles. The zero-order chi connectivity index (χ0) is 20.1. The third kappa shape index (κ3) is 4.58. The molecule has 2 aromatic carbocycles. The fourth-order valence-electron chi connectivity index (χ4n) is 4.41. The van der Waals surface area contributed by atoms with E-state index in [2.05, 4.69) is 34.6 Å². The number of piperidine rings is 1. The Balaban J connectivity index is 1.52. The minimum atomic E-state index is 0.403. The molecule has 1 N–H and O–H groups in total. The third-order valence-electron chi connectivity index (χ3n) is 5.91. The Bertz CT molecular complexity index is 1020. The average Bonchev–Trinajstić information content (AvgIpc) is 2.77. The number of rotatable bonds is 6. The molecule has 1 aliphatic heterocycles. The van der Waals surface area contributed by atoms with E-state index < -0.39 is 0 Å². The quantitative estimate of drug-likeness (QED) is 0.651. The molecule has 0 saturated carbocycles. The van der Waals surface area contributed by atoms with Crippen LogP contribution < -0.4 is 10.1 Å². The van der Waals surface area contributed by atoms with Gasteiger partial charge >= 0.3 is 0 Å². The summed E-state index contributed by atoms with van der Waals surface area (Å²) in [4.78, 5) is 4.60. The summed E-state index contributed by atoms with van der Waals surface area (Å²) in [5.41, 5.74) is 3.98. The van der Waals surface area contributed by atoms with Gasteiger partial charge in [-0.15, -0.1) is 0 Å². The number of nitriles is 1. The number of hydrogen-bond donors (Lipinski definition) is 1. The molecule has 1 saturated heterocycles. The second-order valence-electron chi connectivity index (χ2n) is 7.84. The fraction of sp³-hybridized carbons (Fsp3) is 0.360. The van der Waals surface area contributed by atoms with Crippen LogP contribution in [0.1, 0.15) is 42.0 Å².